The molecule has 0 unspecified atom stereocenters. The van der Waals surface area contributed by atoms with Gasteiger partial charge < -0.3 is 10.6 Å². The minimum atomic E-state index is -0.279. The van der Waals surface area contributed by atoms with Gasteiger partial charge in [0, 0.05) is 17.8 Å². The zero-order valence-electron chi connectivity index (χ0n) is 10.1. The maximum absolute atomic E-state index is 12.8. The standard InChI is InChI=1S/C13H12ClFN4/c14-12-10-5-6-16-7-11(10)18-13(19-12)17-9-3-1-8(15)2-4-9/h1-4,16H,5-7H2,(H,17,18,19). The maximum Gasteiger partial charge on any atom is 0.228 e. The van der Waals surface area contributed by atoms with Gasteiger partial charge in [-0.15, -0.1) is 0 Å². The van der Waals surface area contributed by atoms with E-state index >= 15 is 0 Å². The van der Waals surface area contributed by atoms with Crippen LogP contribution in [0.3, 0.4) is 0 Å². The summed E-state index contributed by atoms with van der Waals surface area (Å²) in [6, 6.07) is 6.02. The predicted octanol–water partition coefficient (Wildman–Crippen LogP) is 2.66. The Balaban J connectivity index is 1.89. The molecular formula is C13H12ClFN4. The van der Waals surface area contributed by atoms with Crippen molar-refractivity contribution in [3.8, 4) is 0 Å². The molecule has 1 aliphatic heterocycles. The topological polar surface area (TPSA) is 49.8 Å². The van der Waals surface area contributed by atoms with Crippen LogP contribution in [0.15, 0.2) is 24.3 Å². The van der Waals surface area contributed by atoms with Gasteiger partial charge in [-0.2, -0.15) is 0 Å². The fourth-order valence-electron chi connectivity index (χ4n) is 2.03. The molecule has 1 aromatic carbocycles. The summed E-state index contributed by atoms with van der Waals surface area (Å²) in [7, 11) is 0. The first-order valence-corrected chi connectivity index (χ1v) is 6.39. The van der Waals surface area contributed by atoms with Gasteiger partial charge in [0.2, 0.25) is 5.95 Å². The molecule has 0 radical (unpaired) electrons. The van der Waals surface area contributed by atoms with Crippen LogP contribution in [0.5, 0.6) is 0 Å². The molecule has 0 atom stereocenters. The van der Waals surface area contributed by atoms with Gasteiger partial charge in [0.15, 0.2) is 0 Å². The number of fused-ring (bicyclic) bond motifs is 1. The van der Waals surface area contributed by atoms with E-state index in [9.17, 15) is 4.39 Å². The minimum Gasteiger partial charge on any atom is -0.324 e. The van der Waals surface area contributed by atoms with E-state index in [-0.39, 0.29) is 5.82 Å². The van der Waals surface area contributed by atoms with Gasteiger partial charge >= 0.3 is 0 Å². The van der Waals surface area contributed by atoms with Gasteiger partial charge in [-0.05, 0) is 37.2 Å². The van der Waals surface area contributed by atoms with Gasteiger partial charge in [-0.3, -0.25) is 0 Å². The molecule has 0 amide bonds. The summed E-state index contributed by atoms with van der Waals surface area (Å²) in [6.45, 7) is 1.58. The second-order valence-electron chi connectivity index (χ2n) is 4.32. The Kier molecular flexibility index (Phi) is 3.31. The number of hydrogen-bond acceptors (Lipinski definition) is 4. The van der Waals surface area contributed by atoms with Crippen LogP contribution in [0, 0.1) is 5.82 Å². The van der Waals surface area contributed by atoms with Crippen molar-refractivity contribution in [2.24, 2.45) is 0 Å². The van der Waals surface area contributed by atoms with Gasteiger partial charge in [0.1, 0.15) is 11.0 Å². The van der Waals surface area contributed by atoms with Crippen LogP contribution in [-0.4, -0.2) is 16.5 Å². The molecule has 19 heavy (non-hydrogen) atoms. The summed E-state index contributed by atoms with van der Waals surface area (Å²) >= 11 is 6.16. The third-order valence-electron chi connectivity index (χ3n) is 2.99. The normalized spacial score (nSPS) is 14.0. The third-order valence-corrected chi connectivity index (χ3v) is 3.30. The Morgan fingerprint density at radius 3 is 2.79 bits per heavy atom. The van der Waals surface area contributed by atoms with E-state index in [0.29, 0.717) is 17.6 Å². The number of aromatic nitrogens is 2. The summed E-state index contributed by atoms with van der Waals surface area (Å²) in [4.78, 5) is 8.65. The van der Waals surface area contributed by atoms with Crippen LogP contribution < -0.4 is 10.6 Å². The van der Waals surface area contributed by atoms with Crippen LogP contribution >= 0.6 is 11.6 Å². The quantitative estimate of drug-likeness (QED) is 0.829. The predicted molar refractivity (Wildman–Crippen MR) is 72.1 cm³/mol. The lowest BCUT2D eigenvalue weighted by atomic mass is 10.1. The Morgan fingerprint density at radius 1 is 1.21 bits per heavy atom. The first kappa shape index (κ1) is 12.3. The van der Waals surface area contributed by atoms with E-state index in [1.54, 1.807) is 12.1 Å². The van der Waals surface area contributed by atoms with Crippen molar-refractivity contribution in [1.29, 1.82) is 0 Å². The molecular weight excluding hydrogens is 267 g/mol. The van der Waals surface area contributed by atoms with E-state index in [4.69, 9.17) is 11.6 Å². The Bertz CT molecular complexity index is 600. The lowest BCUT2D eigenvalue weighted by Crippen LogP contribution is -2.25. The second-order valence-corrected chi connectivity index (χ2v) is 4.68. The Morgan fingerprint density at radius 2 is 2.00 bits per heavy atom. The number of benzene rings is 1. The summed E-state index contributed by atoms with van der Waals surface area (Å²) in [5.41, 5.74) is 2.64. The van der Waals surface area contributed by atoms with Crippen LogP contribution in [0.4, 0.5) is 16.0 Å². The lowest BCUT2D eigenvalue weighted by Gasteiger charge is -2.17. The largest absolute Gasteiger partial charge is 0.324 e. The molecule has 0 spiro atoms. The van der Waals surface area contributed by atoms with Crippen molar-refractivity contribution in [3.63, 3.8) is 0 Å². The number of nitrogens with one attached hydrogen (secondary N) is 2. The summed E-state index contributed by atoms with van der Waals surface area (Å²) < 4.78 is 12.8. The SMILES string of the molecule is Fc1ccc(Nc2nc(Cl)c3c(n2)CNCC3)cc1. The summed E-state index contributed by atoms with van der Waals surface area (Å²) in [6.07, 6.45) is 0.838. The number of rotatable bonds is 2. The molecule has 6 heteroatoms. The second kappa shape index (κ2) is 5.11. The molecule has 2 N–H and O–H groups in total. The molecule has 0 bridgehead atoms. The van der Waals surface area contributed by atoms with Crippen molar-refractivity contribution >= 4 is 23.2 Å². The number of anilines is 2. The average molecular weight is 279 g/mol. The maximum atomic E-state index is 12.8. The molecule has 0 fully saturated rings. The highest BCUT2D eigenvalue weighted by molar-refractivity contribution is 6.30. The molecule has 3 rings (SSSR count). The highest BCUT2D eigenvalue weighted by Gasteiger charge is 2.16. The molecule has 0 saturated heterocycles. The van der Waals surface area contributed by atoms with E-state index in [1.165, 1.54) is 12.1 Å². The van der Waals surface area contributed by atoms with Crippen molar-refractivity contribution in [2.75, 3.05) is 11.9 Å². The molecule has 4 nitrogen and oxygen atoms in total. The van der Waals surface area contributed by atoms with Gasteiger partial charge in [-0.25, -0.2) is 14.4 Å². The molecule has 2 aromatic rings. The first-order valence-electron chi connectivity index (χ1n) is 6.01. The number of hydrogen-bond donors (Lipinski definition) is 2. The van der Waals surface area contributed by atoms with Gasteiger partial charge in [-0.1, -0.05) is 11.6 Å². The first-order chi connectivity index (χ1) is 9.22. The highest BCUT2D eigenvalue weighted by atomic mass is 35.5. The monoisotopic (exact) mass is 278 g/mol. The fourth-order valence-corrected chi connectivity index (χ4v) is 2.32. The van der Waals surface area contributed by atoms with Crippen molar-refractivity contribution in [1.82, 2.24) is 15.3 Å². The van der Waals surface area contributed by atoms with Crippen LogP contribution in [0.2, 0.25) is 5.15 Å². The summed E-state index contributed by atoms with van der Waals surface area (Å²) in [5, 5.41) is 6.74. The van der Waals surface area contributed by atoms with E-state index in [1.807, 2.05) is 0 Å². The zero-order valence-corrected chi connectivity index (χ0v) is 10.8. The number of halogens is 2. The molecule has 0 saturated carbocycles. The Hall–Kier alpha value is -1.72. The van der Waals surface area contributed by atoms with Crippen LogP contribution in [-0.2, 0) is 13.0 Å². The number of nitrogens with zero attached hydrogens (tertiary/aromatic N) is 2. The van der Waals surface area contributed by atoms with Crippen LogP contribution in [0.1, 0.15) is 11.3 Å². The Labute approximate surface area is 115 Å². The minimum absolute atomic E-state index is 0.279. The van der Waals surface area contributed by atoms with Crippen molar-refractivity contribution < 1.29 is 4.39 Å². The average Bonchev–Trinajstić information content (AvgIpc) is 2.42. The smallest absolute Gasteiger partial charge is 0.228 e. The van der Waals surface area contributed by atoms with Gasteiger partial charge in [0.05, 0.1) is 5.69 Å². The van der Waals surface area contributed by atoms with E-state index in [0.717, 1.165) is 29.9 Å². The zero-order chi connectivity index (χ0) is 13.2. The highest BCUT2D eigenvalue weighted by Crippen LogP contribution is 2.23. The summed E-state index contributed by atoms with van der Waals surface area (Å²) in [5.74, 6) is 0.151. The molecule has 1 aliphatic rings. The van der Waals surface area contributed by atoms with Crippen molar-refractivity contribution in [3.05, 3.63) is 46.5 Å². The lowest BCUT2D eigenvalue weighted by molar-refractivity contribution is 0.624. The molecule has 1 aromatic heterocycles. The van der Waals surface area contributed by atoms with E-state index < -0.39 is 0 Å². The third kappa shape index (κ3) is 2.67. The van der Waals surface area contributed by atoms with Gasteiger partial charge in [0.25, 0.3) is 0 Å². The van der Waals surface area contributed by atoms with Crippen molar-refractivity contribution in [2.45, 2.75) is 13.0 Å². The fraction of sp³-hybridized carbons (Fsp3) is 0.231. The van der Waals surface area contributed by atoms with E-state index in [2.05, 4.69) is 20.6 Å². The molecule has 98 valence electrons. The molecule has 2 heterocycles. The molecule has 0 aliphatic carbocycles. The van der Waals surface area contributed by atoms with Crippen LogP contribution in [0.25, 0.3) is 0 Å².